The fraction of sp³-hybridized carbons (Fsp3) is 0.241. The summed E-state index contributed by atoms with van der Waals surface area (Å²) in [5, 5.41) is 3.28. The van der Waals surface area contributed by atoms with Crippen LogP contribution in [0.15, 0.2) is 78.5 Å². The quantitative estimate of drug-likeness (QED) is 0.517. The molecule has 2 aliphatic rings. The van der Waals surface area contributed by atoms with Crippen molar-refractivity contribution in [2.75, 3.05) is 23.3 Å². The number of nitrogens with zero attached hydrogens (tertiary/aromatic N) is 2. The second-order valence-corrected chi connectivity index (χ2v) is 9.16. The van der Waals surface area contributed by atoms with Gasteiger partial charge in [0.1, 0.15) is 5.70 Å². The Labute approximate surface area is 200 Å². The van der Waals surface area contributed by atoms with Crippen molar-refractivity contribution in [1.82, 2.24) is 4.90 Å². The number of carbonyl (C=O) groups excluding carboxylic acids is 2. The lowest BCUT2D eigenvalue weighted by atomic mass is 10.0. The summed E-state index contributed by atoms with van der Waals surface area (Å²) in [5.41, 5.74) is 6.63. The summed E-state index contributed by atoms with van der Waals surface area (Å²) in [5.74, 6) is -0.574. The van der Waals surface area contributed by atoms with Crippen molar-refractivity contribution in [3.05, 3.63) is 101 Å². The number of benzene rings is 3. The van der Waals surface area contributed by atoms with Crippen LogP contribution in [0, 0.1) is 13.8 Å². The summed E-state index contributed by atoms with van der Waals surface area (Å²) in [4.78, 5) is 30.7. The highest BCUT2D eigenvalue weighted by molar-refractivity contribution is 6.36. The van der Waals surface area contributed by atoms with E-state index in [9.17, 15) is 9.59 Å². The molecule has 2 aliphatic heterocycles. The Morgan fingerprint density at radius 3 is 1.94 bits per heavy atom. The average Bonchev–Trinajstić information content (AvgIpc) is 3.46. The maximum atomic E-state index is 13.5. The van der Waals surface area contributed by atoms with Crippen molar-refractivity contribution in [3.63, 3.8) is 0 Å². The van der Waals surface area contributed by atoms with Crippen LogP contribution in [-0.4, -0.2) is 29.8 Å². The van der Waals surface area contributed by atoms with Gasteiger partial charge in [0.2, 0.25) is 0 Å². The highest BCUT2D eigenvalue weighted by atomic mass is 16.2. The molecule has 5 rings (SSSR count). The van der Waals surface area contributed by atoms with Gasteiger partial charge in [-0.15, -0.1) is 0 Å². The molecule has 0 atom stereocenters. The predicted molar refractivity (Wildman–Crippen MR) is 136 cm³/mol. The molecule has 172 valence electrons. The van der Waals surface area contributed by atoms with Crippen LogP contribution < -0.4 is 10.2 Å². The number of rotatable bonds is 6. The molecule has 0 unspecified atom stereocenters. The lowest BCUT2D eigenvalue weighted by molar-refractivity contribution is -0.137. The van der Waals surface area contributed by atoms with E-state index in [1.165, 1.54) is 23.4 Å². The summed E-state index contributed by atoms with van der Waals surface area (Å²) in [7, 11) is 0. The van der Waals surface area contributed by atoms with E-state index < -0.39 is 0 Å². The molecule has 1 N–H and O–H groups in total. The molecule has 5 heteroatoms. The molecule has 2 heterocycles. The van der Waals surface area contributed by atoms with Crippen molar-refractivity contribution < 1.29 is 9.59 Å². The maximum absolute atomic E-state index is 13.5. The number of hydrogen-bond acceptors (Lipinski definition) is 4. The number of aryl methyl sites for hydroxylation is 2. The fourth-order valence-corrected chi connectivity index (χ4v) is 4.57. The number of amides is 2. The first-order valence-electron chi connectivity index (χ1n) is 11.8. The number of nitrogens with one attached hydrogen (secondary N) is 1. The topological polar surface area (TPSA) is 52.7 Å². The van der Waals surface area contributed by atoms with Crippen LogP contribution in [0.5, 0.6) is 0 Å². The van der Waals surface area contributed by atoms with Gasteiger partial charge in [0, 0.05) is 24.5 Å². The molecule has 34 heavy (non-hydrogen) atoms. The summed E-state index contributed by atoms with van der Waals surface area (Å²) < 4.78 is 0. The van der Waals surface area contributed by atoms with Gasteiger partial charge in [0.25, 0.3) is 11.8 Å². The van der Waals surface area contributed by atoms with E-state index in [1.807, 2.05) is 74.5 Å². The third-order valence-electron chi connectivity index (χ3n) is 6.58. The second kappa shape index (κ2) is 9.18. The zero-order chi connectivity index (χ0) is 23.7. The van der Waals surface area contributed by atoms with E-state index in [4.69, 9.17) is 0 Å². The number of hydrogen-bond donors (Lipinski definition) is 1. The van der Waals surface area contributed by atoms with Crippen LogP contribution >= 0.6 is 0 Å². The smallest absolute Gasteiger partial charge is 0.278 e. The third kappa shape index (κ3) is 4.34. The van der Waals surface area contributed by atoms with Gasteiger partial charge in [-0.2, -0.15) is 0 Å². The van der Waals surface area contributed by atoms with Gasteiger partial charge in [-0.3, -0.25) is 14.5 Å². The van der Waals surface area contributed by atoms with E-state index in [0.717, 1.165) is 41.0 Å². The maximum Gasteiger partial charge on any atom is 0.278 e. The molecule has 3 aromatic rings. The van der Waals surface area contributed by atoms with E-state index in [0.29, 0.717) is 11.3 Å². The predicted octanol–water partition coefficient (Wildman–Crippen LogP) is 5.30. The first-order chi connectivity index (χ1) is 16.5. The molecule has 1 fully saturated rings. The van der Waals surface area contributed by atoms with Gasteiger partial charge in [0.15, 0.2) is 0 Å². The molecule has 0 saturated carbocycles. The fourth-order valence-electron chi connectivity index (χ4n) is 4.57. The molecule has 0 radical (unpaired) electrons. The number of anilines is 2. The van der Waals surface area contributed by atoms with Gasteiger partial charge in [-0.25, -0.2) is 0 Å². The highest BCUT2D eigenvalue weighted by Gasteiger charge is 2.39. The molecule has 1 saturated heterocycles. The van der Waals surface area contributed by atoms with Crippen LogP contribution in [0.3, 0.4) is 0 Å². The van der Waals surface area contributed by atoms with Crippen LogP contribution in [0.4, 0.5) is 11.4 Å². The largest absolute Gasteiger partial charge is 0.372 e. The van der Waals surface area contributed by atoms with E-state index in [-0.39, 0.29) is 18.4 Å². The van der Waals surface area contributed by atoms with E-state index >= 15 is 0 Å². The summed E-state index contributed by atoms with van der Waals surface area (Å²) >= 11 is 0. The van der Waals surface area contributed by atoms with Gasteiger partial charge in [-0.1, -0.05) is 59.7 Å². The first kappa shape index (κ1) is 22.0. The van der Waals surface area contributed by atoms with Gasteiger partial charge >= 0.3 is 0 Å². The van der Waals surface area contributed by atoms with Crippen molar-refractivity contribution in [1.29, 1.82) is 0 Å². The molecular weight excluding hydrogens is 422 g/mol. The first-order valence-corrected chi connectivity index (χ1v) is 11.8. The van der Waals surface area contributed by atoms with Gasteiger partial charge in [0.05, 0.1) is 12.1 Å². The highest BCUT2D eigenvalue weighted by Crippen LogP contribution is 2.32. The minimum absolute atomic E-state index is 0.242. The van der Waals surface area contributed by atoms with Crippen LogP contribution in [-0.2, 0) is 16.1 Å². The monoisotopic (exact) mass is 451 g/mol. The van der Waals surface area contributed by atoms with Gasteiger partial charge < -0.3 is 10.2 Å². The van der Waals surface area contributed by atoms with Crippen molar-refractivity contribution in [2.45, 2.75) is 33.2 Å². The Morgan fingerprint density at radius 2 is 1.32 bits per heavy atom. The molecule has 5 nitrogen and oxygen atoms in total. The minimum Gasteiger partial charge on any atom is -0.372 e. The molecule has 0 bridgehead atoms. The molecule has 2 amide bonds. The average molecular weight is 452 g/mol. The number of imide groups is 1. The molecule has 0 aliphatic carbocycles. The third-order valence-corrected chi connectivity index (χ3v) is 6.58. The summed E-state index contributed by atoms with van der Waals surface area (Å²) in [6.07, 6.45) is 2.44. The number of carbonyl (C=O) groups is 2. The van der Waals surface area contributed by atoms with Gasteiger partial charge in [-0.05, 0) is 62.1 Å². The zero-order valence-corrected chi connectivity index (χ0v) is 19.7. The minimum atomic E-state index is -0.301. The second-order valence-electron chi connectivity index (χ2n) is 9.16. The van der Waals surface area contributed by atoms with Crippen LogP contribution in [0.25, 0.3) is 5.57 Å². The van der Waals surface area contributed by atoms with Crippen LogP contribution in [0.2, 0.25) is 0 Å². The standard InChI is InChI=1S/C29H29N3O2/c1-20-5-9-22(10-6-20)19-32-28(33)26(23-11-7-21(2)8-12-23)27(29(32)34)30-24-13-15-25(16-14-24)31-17-3-4-18-31/h5-16,30H,3-4,17-19H2,1-2H3. The Balaban J connectivity index is 1.46. The van der Waals surface area contributed by atoms with Crippen molar-refractivity contribution >= 4 is 28.8 Å². The van der Waals surface area contributed by atoms with Crippen molar-refractivity contribution in [2.24, 2.45) is 0 Å². The molecular formula is C29H29N3O2. The SMILES string of the molecule is Cc1ccc(CN2C(=O)C(Nc3ccc(N4CCCC4)cc3)=C(c3ccc(C)cc3)C2=O)cc1. The lowest BCUT2D eigenvalue weighted by Gasteiger charge is -2.18. The Morgan fingerprint density at radius 1 is 0.735 bits per heavy atom. The van der Waals surface area contributed by atoms with Crippen LogP contribution in [0.1, 0.15) is 35.1 Å². The van der Waals surface area contributed by atoms with E-state index in [2.05, 4.69) is 22.3 Å². The Bertz CT molecular complexity index is 1240. The molecule has 3 aromatic carbocycles. The van der Waals surface area contributed by atoms with Crippen molar-refractivity contribution in [3.8, 4) is 0 Å². The zero-order valence-electron chi connectivity index (χ0n) is 19.7. The van der Waals surface area contributed by atoms with E-state index in [1.54, 1.807) is 0 Å². The lowest BCUT2D eigenvalue weighted by Crippen LogP contribution is -2.32. The normalized spacial score (nSPS) is 16.1. The molecule has 0 aromatic heterocycles. The summed E-state index contributed by atoms with van der Waals surface area (Å²) in [6, 6.07) is 23.8. The Hall–Kier alpha value is -3.86. The summed E-state index contributed by atoms with van der Waals surface area (Å²) in [6.45, 7) is 6.42. The molecule has 0 spiro atoms. The Kier molecular flexibility index (Phi) is 5.93.